The minimum atomic E-state index is -0.866. The molecule has 3 rings (SSSR count). The molecule has 1 amide bonds. The molecule has 8 heteroatoms. The van der Waals surface area contributed by atoms with E-state index in [1.807, 2.05) is 6.92 Å². The number of aliphatic hydroxyl groups is 2. The molecule has 1 aliphatic rings. The van der Waals surface area contributed by atoms with Crippen molar-refractivity contribution in [1.29, 1.82) is 0 Å². The third-order valence-electron chi connectivity index (χ3n) is 4.50. The van der Waals surface area contributed by atoms with Gasteiger partial charge in [0.1, 0.15) is 23.3 Å². The van der Waals surface area contributed by atoms with Crippen LogP contribution in [0, 0.1) is 0 Å². The lowest BCUT2D eigenvalue weighted by Crippen LogP contribution is -2.33. The van der Waals surface area contributed by atoms with Crippen molar-refractivity contribution in [2.75, 3.05) is 33.0 Å². The molecule has 0 saturated carbocycles. The molecule has 154 valence electrons. The number of rotatable bonds is 9. The normalized spacial score (nSPS) is 18.4. The number of nitrogens with zero attached hydrogens (tertiary/aromatic N) is 1. The van der Waals surface area contributed by atoms with Gasteiger partial charge in [-0.15, -0.1) is 0 Å². The van der Waals surface area contributed by atoms with E-state index >= 15 is 0 Å². The van der Waals surface area contributed by atoms with Crippen LogP contribution in [0.5, 0.6) is 5.75 Å². The van der Waals surface area contributed by atoms with E-state index in [-0.39, 0.29) is 37.7 Å². The van der Waals surface area contributed by atoms with Crippen molar-refractivity contribution in [2.24, 2.45) is 0 Å². The van der Waals surface area contributed by atoms with Crippen LogP contribution >= 0.6 is 0 Å². The molecule has 1 aliphatic heterocycles. The molecular weight excluding hydrogens is 378 g/mol. The maximum atomic E-state index is 12.7. The second-order valence-electron chi connectivity index (χ2n) is 6.30. The molecule has 1 aromatic heterocycles. The average Bonchev–Trinajstić information content (AvgIpc) is 3.34. The highest BCUT2D eigenvalue weighted by Gasteiger charge is 2.47. The zero-order chi connectivity index (χ0) is 20.8. The molecule has 2 aromatic rings. The molecule has 8 nitrogen and oxygen atoms in total. The summed E-state index contributed by atoms with van der Waals surface area (Å²) in [6.45, 7) is 2.60. The summed E-state index contributed by atoms with van der Waals surface area (Å²) >= 11 is 0. The molecule has 0 bridgehead atoms. The van der Waals surface area contributed by atoms with E-state index in [1.54, 1.807) is 36.4 Å². The summed E-state index contributed by atoms with van der Waals surface area (Å²) in [5.74, 6) is -0.829. The number of amides is 1. The summed E-state index contributed by atoms with van der Waals surface area (Å²) in [6.07, 6.45) is 1.44. The van der Waals surface area contributed by atoms with Gasteiger partial charge in [-0.2, -0.15) is 0 Å². The van der Waals surface area contributed by atoms with Gasteiger partial charge < -0.3 is 29.0 Å². The van der Waals surface area contributed by atoms with E-state index in [2.05, 4.69) is 0 Å². The third-order valence-corrected chi connectivity index (χ3v) is 4.50. The van der Waals surface area contributed by atoms with E-state index in [0.29, 0.717) is 23.7 Å². The maximum absolute atomic E-state index is 12.7. The van der Waals surface area contributed by atoms with Crippen molar-refractivity contribution in [3.8, 4) is 5.75 Å². The number of hydrogen-bond donors (Lipinski definition) is 2. The number of hydrogen-bond acceptors (Lipinski definition) is 7. The number of Topliss-reactive ketones (excluding diaryl/α,β-unsaturated/α-hetero) is 1. The Labute approximate surface area is 168 Å². The molecule has 1 atom stereocenters. The Hall–Kier alpha value is -3.10. The van der Waals surface area contributed by atoms with Crippen molar-refractivity contribution >= 4 is 17.4 Å². The average molecular weight is 401 g/mol. The monoisotopic (exact) mass is 401 g/mol. The van der Waals surface area contributed by atoms with Gasteiger partial charge in [0.2, 0.25) is 0 Å². The van der Waals surface area contributed by atoms with Crippen LogP contribution in [0.25, 0.3) is 5.76 Å². The zero-order valence-corrected chi connectivity index (χ0v) is 16.0. The number of carbonyl (C=O) groups excluding carboxylic acids is 2. The molecule has 1 saturated heterocycles. The Morgan fingerprint density at radius 3 is 2.55 bits per heavy atom. The van der Waals surface area contributed by atoms with Crippen LogP contribution in [-0.4, -0.2) is 59.8 Å². The molecule has 0 unspecified atom stereocenters. The lowest BCUT2D eigenvalue weighted by molar-refractivity contribution is -0.140. The van der Waals surface area contributed by atoms with Gasteiger partial charge in [0.05, 0.1) is 38.3 Å². The van der Waals surface area contributed by atoms with Crippen molar-refractivity contribution in [3.63, 3.8) is 0 Å². The van der Waals surface area contributed by atoms with Crippen LogP contribution < -0.4 is 4.74 Å². The summed E-state index contributed by atoms with van der Waals surface area (Å²) in [7, 11) is 0. The fourth-order valence-electron chi connectivity index (χ4n) is 3.21. The highest BCUT2D eigenvalue weighted by Crippen LogP contribution is 2.39. The van der Waals surface area contributed by atoms with Crippen LogP contribution in [0.3, 0.4) is 0 Å². The number of aliphatic hydroxyl groups excluding tert-OH is 2. The van der Waals surface area contributed by atoms with Crippen molar-refractivity contribution in [2.45, 2.75) is 13.0 Å². The standard InChI is InChI=1S/C21H23NO7/c1-2-28-15-7-5-14(6-8-15)19(24)17-18(16-4-3-11-29-16)22(21(26)20(17)25)9-12-27-13-10-23/h3-8,11,18,23-24H,2,9-10,12-13H2,1H3/t18-/m0/s1. The molecule has 1 aromatic carbocycles. The first-order valence-corrected chi connectivity index (χ1v) is 9.32. The summed E-state index contributed by atoms with van der Waals surface area (Å²) in [6, 6.07) is 9.03. The first kappa shape index (κ1) is 20.6. The molecule has 29 heavy (non-hydrogen) atoms. The summed E-state index contributed by atoms with van der Waals surface area (Å²) in [5, 5.41) is 19.7. The first-order valence-electron chi connectivity index (χ1n) is 9.32. The molecule has 0 spiro atoms. The molecule has 2 N–H and O–H groups in total. The Bertz CT molecular complexity index is 871. The lowest BCUT2D eigenvalue weighted by atomic mass is 9.99. The number of ether oxygens (including phenoxy) is 2. The minimum absolute atomic E-state index is 0.0451. The van der Waals surface area contributed by atoms with Gasteiger partial charge in [0.15, 0.2) is 0 Å². The smallest absolute Gasteiger partial charge is 0.295 e. The summed E-state index contributed by atoms with van der Waals surface area (Å²) in [4.78, 5) is 26.7. The Morgan fingerprint density at radius 1 is 1.17 bits per heavy atom. The van der Waals surface area contributed by atoms with Gasteiger partial charge in [-0.05, 0) is 43.3 Å². The third kappa shape index (κ3) is 4.33. The van der Waals surface area contributed by atoms with Gasteiger partial charge in [-0.25, -0.2) is 0 Å². The van der Waals surface area contributed by atoms with Gasteiger partial charge >= 0.3 is 0 Å². The topological polar surface area (TPSA) is 109 Å². The van der Waals surface area contributed by atoms with E-state index in [0.717, 1.165) is 0 Å². The van der Waals surface area contributed by atoms with Crippen LogP contribution in [0.2, 0.25) is 0 Å². The Morgan fingerprint density at radius 2 is 1.93 bits per heavy atom. The summed E-state index contributed by atoms with van der Waals surface area (Å²) < 4.78 is 16.1. The molecule has 0 radical (unpaired) electrons. The minimum Gasteiger partial charge on any atom is -0.507 e. The van der Waals surface area contributed by atoms with Gasteiger partial charge in [-0.3, -0.25) is 9.59 Å². The van der Waals surface area contributed by atoms with Gasteiger partial charge in [0.25, 0.3) is 11.7 Å². The fraction of sp³-hybridized carbons (Fsp3) is 0.333. The maximum Gasteiger partial charge on any atom is 0.295 e. The Kier molecular flexibility index (Phi) is 6.69. The molecular formula is C21H23NO7. The second-order valence-corrected chi connectivity index (χ2v) is 6.30. The quantitative estimate of drug-likeness (QED) is 0.287. The van der Waals surface area contributed by atoms with Crippen molar-refractivity contribution in [1.82, 2.24) is 4.90 Å². The van der Waals surface area contributed by atoms with E-state index in [1.165, 1.54) is 11.2 Å². The lowest BCUT2D eigenvalue weighted by Gasteiger charge is -2.23. The highest BCUT2D eigenvalue weighted by molar-refractivity contribution is 6.46. The molecule has 2 heterocycles. The van der Waals surface area contributed by atoms with Crippen LogP contribution in [0.15, 0.2) is 52.7 Å². The second kappa shape index (κ2) is 9.40. The predicted molar refractivity (Wildman–Crippen MR) is 103 cm³/mol. The van der Waals surface area contributed by atoms with Crippen LogP contribution in [0.4, 0.5) is 0 Å². The molecule has 1 fully saturated rings. The van der Waals surface area contributed by atoms with Gasteiger partial charge in [0, 0.05) is 12.1 Å². The first-order chi connectivity index (χ1) is 14.1. The van der Waals surface area contributed by atoms with Crippen molar-refractivity contribution in [3.05, 3.63) is 59.6 Å². The number of benzene rings is 1. The number of likely N-dealkylation sites (tertiary alicyclic amines) is 1. The highest BCUT2D eigenvalue weighted by atomic mass is 16.5. The fourth-order valence-corrected chi connectivity index (χ4v) is 3.21. The SMILES string of the molecule is CCOc1ccc(C(O)=C2C(=O)C(=O)N(CCOCCO)[C@H]2c2ccco2)cc1. The predicted octanol–water partition coefficient (Wildman–Crippen LogP) is 2.11. The van der Waals surface area contributed by atoms with Crippen LogP contribution in [-0.2, 0) is 14.3 Å². The van der Waals surface area contributed by atoms with Gasteiger partial charge in [-0.1, -0.05) is 0 Å². The molecule has 0 aliphatic carbocycles. The van der Waals surface area contributed by atoms with Crippen molar-refractivity contribution < 1.29 is 33.7 Å². The largest absolute Gasteiger partial charge is 0.507 e. The number of furan rings is 1. The van der Waals surface area contributed by atoms with Crippen LogP contribution in [0.1, 0.15) is 24.3 Å². The number of ketones is 1. The van der Waals surface area contributed by atoms with E-state index in [9.17, 15) is 14.7 Å². The Balaban J connectivity index is 1.97. The van der Waals surface area contributed by atoms with E-state index < -0.39 is 17.7 Å². The zero-order valence-electron chi connectivity index (χ0n) is 16.0. The summed E-state index contributed by atoms with van der Waals surface area (Å²) in [5.41, 5.74) is 0.343. The van der Waals surface area contributed by atoms with E-state index in [4.69, 9.17) is 19.0 Å². The number of carbonyl (C=O) groups is 2.